The fourth-order valence-corrected chi connectivity index (χ4v) is 4.70. The third-order valence-corrected chi connectivity index (χ3v) is 6.22. The molecule has 0 aromatic heterocycles. The van der Waals surface area contributed by atoms with Gasteiger partial charge < -0.3 is 10.6 Å². The first-order valence-electron chi connectivity index (χ1n) is 8.43. The van der Waals surface area contributed by atoms with Gasteiger partial charge in [0.1, 0.15) is 0 Å². The molecule has 5 heteroatoms. The zero-order chi connectivity index (χ0) is 16.4. The molecule has 4 atom stereocenters. The van der Waals surface area contributed by atoms with Crippen LogP contribution in [0.5, 0.6) is 0 Å². The van der Waals surface area contributed by atoms with Crippen LogP contribution in [0, 0.1) is 15.4 Å². The number of rotatable bonds is 3. The molecule has 2 N–H and O–H groups in total. The Morgan fingerprint density at radius 1 is 1.35 bits per heavy atom. The molecule has 2 aliphatic rings. The van der Waals surface area contributed by atoms with Gasteiger partial charge in [0.2, 0.25) is 5.91 Å². The molecule has 1 aliphatic carbocycles. The Bertz CT molecular complexity index is 604. The van der Waals surface area contributed by atoms with E-state index in [1.54, 1.807) is 0 Å². The molecular formula is C18H23IN2O2. The first-order chi connectivity index (χ1) is 11.1. The van der Waals surface area contributed by atoms with Gasteiger partial charge in [-0.05, 0) is 65.8 Å². The van der Waals surface area contributed by atoms with Crippen molar-refractivity contribution in [3.63, 3.8) is 0 Å². The van der Waals surface area contributed by atoms with Crippen molar-refractivity contribution in [2.45, 2.75) is 51.1 Å². The van der Waals surface area contributed by atoms with Gasteiger partial charge in [-0.3, -0.25) is 9.59 Å². The van der Waals surface area contributed by atoms with Crippen molar-refractivity contribution >= 4 is 34.4 Å². The Morgan fingerprint density at radius 3 is 2.87 bits per heavy atom. The van der Waals surface area contributed by atoms with Crippen LogP contribution in [0.2, 0.25) is 0 Å². The lowest BCUT2D eigenvalue weighted by Crippen LogP contribution is -2.55. The Morgan fingerprint density at radius 2 is 2.13 bits per heavy atom. The molecular weight excluding hydrogens is 403 g/mol. The predicted octanol–water partition coefficient (Wildman–Crippen LogP) is 3.10. The number of carbonyl (C=O) groups excluding carboxylic acids is 2. The van der Waals surface area contributed by atoms with E-state index in [2.05, 4.69) is 40.1 Å². The van der Waals surface area contributed by atoms with E-state index in [0.717, 1.165) is 34.8 Å². The monoisotopic (exact) mass is 426 g/mol. The quantitative estimate of drug-likeness (QED) is 0.730. The number of hydrogen-bond acceptors (Lipinski definition) is 2. The number of nitrogens with one attached hydrogen (secondary N) is 2. The van der Waals surface area contributed by atoms with Gasteiger partial charge in [0, 0.05) is 22.1 Å². The lowest BCUT2D eigenvalue weighted by atomic mass is 9.70. The van der Waals surface area contributed by atoms with Crippen LogP contribution in [-0.2, 0) is 4.79 Å². The number of halogens is 1. The molecule has 4 nitrogen and oxygen atoms in total. The van der Waals surface area contributed by atoms with E-state index in [-0.39, 0.29) is 23.9 Å². The summed E-state index contributed by atoms with van der Waals surface area (Å²) in [5.41, 5.74) is 0.731. The standard InChI is InChI=1S/C18H23IN2O2/c1-2-11-9-17(22)21-16-10-12(7-8-13(11)16)20-18(23)14-5-3-4-6-15(14)19/h3-6,11-13,16H,2,7-10H2,1H3,(H,20,23)(H,21,22). The van der Waals surface area contributed by atoms with E-state index < -0.39 is 0 Å². The second-order valence-corrected chi connectivity index (χ2v) is 7.84. The number of amides is 2. The van der Waals surface area contributed by atoms with Crippen LogP contribution in [-0.4, -0.2) is 23.9 Å². The number of benzene rings is 1. The van der Waals surface area contributed by atoms with Gasteiger partial charge >= 0.3 is 0 Å². The molecule has 1 aliphatic heterocycles. The van der Waals surface area contributed by atoms with Gasteiger partial charge in [-0.15, -0.1) is 0 Å². The molecule has 23 heavy (non-hydrogen) atoms. The van der Waals surface area contributed by atoms with E-state index in [1.807, 2.05) is 24.3 Å². The maximum Gasteiger partial charge on any atom is 0.252 e. The Hall–Kier alpha value is -1.11. The van der Waals surface area contributed by atoms with E-state index in [4.69, 9.17) is 0 Å². The van der Waals surface area contributed by atoms with E-state index in [0.29, 0.717) is 18.3 Å². The van der Waals surface area contributed by atoms with Crippen LogP contribution in [0.1, 0.15) is 49.4 Å². The van der Waals surface area contributed by atoms with Crippen molar-refractivity contribution in [1.82, 2.24) is 10.6 Å². The van der Waals surface area contributed by atoms with Gasteiger partial charge in [0.15, 0.2) is 0 Å². The summed E-state index contributed by atoms with van der Waals surface area (Å²) in [6.07, 6.45) is 4.66. The fraction of sp³-hybridized carbons (Fsp3) is 0.556. The second-order valence-electron chi connectivity index (χ2n) is 6.67. The zero-order valence-corrected chi connectivity index (χ0v) is 15.5. The third-order valence-electron chi connectivity index (χ3n) is 5.28. The Labute approximate surface area is 150 Å². The van der Waals surface area contributed by atoms with Crippen LogP contribution < -0.4 is 10.6 Å². The molecule has 0 spiro atoms. The lowest BCUT2D eigenvalue weighted by Gasteiger charge is -2.44. The SMILES string of the molecule is CCC1CC(=O)NC2CC(NC(=O)c3ccccc3I)CCC12. The summed E-state index contributed by atoms with van der Waals surface area (Å²) in [7, 11) is 0. The summed E-state index contributed by atoms with van der Waals surface area (Å²) < 4.78 is 0.966. The van der Waals surface area contributed by atoms with Crippen molar-refractivity contribution in [2.75, 3.05) is 0 Å². The molecule has 3 rings (SSSR count). The van der Waals surface area contributed by atoms with Crippen molar-refractivity contribution < 1.29 is 9.59 Å². The molecule has 2 amide bonds. The van der Waals surface area contributed by atoms with Crippen molar-refractivity contribution in [1.29, 1.82) is 0 Å². The second kappa shape index (κ2) is 7.20. The number of piperidine rings is 1. The largest absolute Gasteiger partial charge is 0.353 e. The average molecular weight is 426 g/mol. The number of hydrogen-bond donors (Lipinski definition) is 2. The predicted molar refractivity (Wildman–Crippen MR) is 98.1 cm³/mol. The molecule has 124 valence electrons. The number of carbonyl (C=O) groups is 2. The fourth-order valence-electron chi connectivity index (χ4n) is 4.07. The summed E-state index contributed by atoms with van der Waals surface area (Å²) in [6.45, 7) is 2.17. The lowest BCUT2D eigenvalue weighted by molar-refractivity contribution is -0.127. The molecule has 0 bridgehead atoms. The molecule has 1 heterocycles. The van der Waals surface area contributed by atoms with E-state index >= 15 is 0 Å². The van der Waals surface area contributed by atoms with E-state index in [9.17, 15) is 9.59 Å². The van der Waals surface area contributed by atoms with Gasteiger partial charge in [-0.1, -0.05) is 25.5 Å². The zero-order valence-electron chi connectivity index (χ0n) is 13.3. The van der Waals surface area contributed by atoms with Gasteiger partial charge in [0.05, 0.1) is 5.56 Å². The highest BCUT2D eigenvalue weighted by atomic mass is 127. The molecule has 1 aromatic carbocycles. The summed E-state index contributed by atoms with van der Waals surface area (Å²) >= 11 is 2.19. The third kappa shape index (κ3) is 3.70. The highest BCUT2D eigenvalue weighted by Gasteiger charge is 2.40. The maximum atomic E-state index is 12.5. The molecule has 0 radical (unpaired) electrons. The minimum Gasteiger partial charge on any atom is -0.353 e. The average Bonchev–Trinajstić information content (AvgIpc) is 2.54. The minimum absolute atomic E-state index is 0.00683. The summed E-state index contributed by atoms with van der Waals surface area (Å²) in [6, 6.07) is 8.00. The van der Waals surface area contributed by atoms with Crippen LogP contribution in [0.3, 0.4) is 0 Å². The first-order valence-corrected chi connectivity index (χ1v) is 9.51. The molecule has 1 aromatic rings. The van der Waals surface area contributed by atoms with Crippen LogP contribution in [0.4, 0.5) is 0 Å². The highest BCUT2D eigenvalue weighted by molar-refractivity contribution is 14.1. The Kier molecular flexibility index (Phi) is 5.24. The molecule has 4 unspecified atom stereocenters. The molecule has 2 fully saturated rings. The first kappa shape index (κ1) is 16.7. The minimum atomic E-state index is -0.00683. The molecule has 1 saturated carbocycles. The smallest absolute Gasteiger partial charge is 0.252 e. The normalized spacial score (nSPS) is 30.3. The number of fused-ring (bicyclic) bond motifs is 1. The van der Waals surface area contributed by atoms with Crippen molar-refractivity contribution in [3.8, 4) is 0 Å². The van der Waals surface area contributed by atoms with E-state index in [1.165, 1.54) is 0 Å². The summed E-state index contributed by atoms with van der Waals surface area (Å²) in [4.78, 5) is 24.4. The Balaban J connectivity index is 1.64. The topological polar surface area (TPSA) is 58.2 Å². The van der Waals surface area contributed by atoms with Crippen molar-refractivity contribution in [3.05, 3.63) is 33.4 Å². The van der Waals surface area contributed by atoms with Gasteiger partial charge in [-0.25, -0.2) is 0 Å². The summed E-state index contributed by atoms with van der Waals surface area (Å²) in [5.74, 6) is 1.23. The highest BCUT2D eigenvalue weighted by Crippen LogP contribution is 2.37. The van der Waals surface area contributed by atoms with Crippen LogP contribution in [0.25, 0.3) is 0 Å². The van der Waals surface area contributed by atoms with Gasteiger partial charge in [-0.2, -0.15) is 0 Å². The maximum absolute atomic E-state index is 12.5. The van der Waals surface area contributed by atoms with Crippen molar-refractivity contribution in [2.24, 2.45) is 11.8 Å². The van der Waals surface area contributed by atoms with Crippen LogP contribution >= 0.6 is 22.6 Å². The molecule has 1 saturated heterocycles. The summed E-state index contributed by atoms with van der Waals surface area (Å²) in [5, 5.41) is 6.31. The van der Waals surface area contributed by atoms with Gasteiger partial charge in [0.25, 0.3) is 5.91 Å². The van der Waals surface area contributed by atoms with Crippen LogP contribution in [0.15, 0.2) is 24.3 Å².